The first-order chi connectivity index (χ1) is 17.1. The summed E-state index contributed by atoms with van der Waals surface area (Å²) in [6.07, 6.45) is 15.2. The van der Waals surface area contributed by atoms with E-state index in [2.05, 4.69) is 43.8 Å². The Morgan fingerprint density at radius 2 is 1.57 bits per heavy atom. The van der Waals surface area contributed by atoms with E-state index in [0.717, 1.165) is 41.9 Å². The van der Waals surface area contributed by atoms with Gasteiger partial charge in [0.15, 0.2) is 0 Å². The normalized spacial score (nSPS) is 15.6. The molecule has 3 aromatic carbocycles. The van der Waals surface area contributed by atoms with Crippen LogP contribution in [0.1, 0.15) is 69.4 Å². The smallest absolute Gasteiger partial charge is 0.150 e. The van der Waals surface area contributed by atoms with Gasteiger partial charge in [-0.1, -0.05) is 117 Å². The molecule has 0 radical (unpaired) electrons. The standard InChI is InChI=1S/C33H36ClF/c1-3-5-7-9-25-10-14-26(15-11-25)27-18-20-29(21-19-27)31-23-22-30(32(34)33(31)35)28-16-12-24(13-17-28)8-6-4-2/h4,12-14,16-23,25H,2-3,5-11,15H2,1H3. The molecule has 1 aliphatic carbocycles. The molecule has 0 aromatic heterocycles. The molecule has 4 rings (SSSR count). The maximum Gasteiger partial charge on any atom is 0.150 e. The summed E-state index contributed by atoms with van der Waals surface area (Å²) in [5, 5.41) is 0.175. The number of hydrogen-bond donors (Lipinski definition) is 0. The highest BCUT2D eigenvalue weighted by molar-refractivity contribution is 6.33. The minimum Gasteiger partial charge on any atom is -0.205 e. The molecule has 0 saturated carbocycles. The zero-order valence-electron chi connectivity index (χ0n) is 20.8. The van der Waals surface area contributed by atoms with Crippen LogP contribution in [0.5, 0.6) is 0 Å². The SMILES string of the molecule is C=CCCc1ccc(-c2ccc(-c3ccc(C4=CCC(CCCCC)CC4)cc3)c(F)c2Cl)cc1. The summed E-state index contributed by atoms with van der Waals surface area (Å²) in [4.78, 5) is 0. The summed E-state index contributed by atoms with van der Waals surface area (Å²) in [5.74, 6) is 0.474. The molecule has 0 nitrogen and oxygen atoms in total. The average molecular weight is 487 g/mol. The first-order valence-corrected chi connectivity index (χ1v) is 13.5. The van der Waals surface area contributed by atoms with E-state index in [-0.39, 0.29) is 10.8 Å². The molecule has 0 bridgehead atoms. The van der Waals surface area contributed by atoms with Crippen LogP contribution in [0.4, 0.5) is 4.39 Å². The average Bonchev–Trinajstić information content (AvgIpc) is 2.90. The lowest BCUT2D eigenvalue weighted by Gasteiger charge is -2.22. The molecule has 1 atom stereocenters. The van der Waals surface area contributed by atoms with Crippen LogP contribution < -0.4 is 0 Å². The van der Waals surface area contributed by atoms with Gasteiger partial charge in [0.25, 0.3) is 0 Å². The molecule has 0 amide bonds. The van der Waals surface area contributed by atoms with Gasteiger partial charge in [0.1, 0.15) is 5.82 Å². The second kappa shape index (κ2) is 12.4. The highest BCUT2D eigenvalue weighted by Gasteiger charge is 2.17. The molecule has 0 spiro atoms. The molecule has 0 N–H and O–H groups in total. The lowest BCUT2D eigenvalue weighted by molar-refractivity contribution is 0.428. The van der Waals surface area contributed by atoms with E-state index in [9.17, 15) is 0 Å². The molecule has 0 aliphatic heterocycles. The maximum atomic E-state index is 15.4. The van der Waals surface area contributed by atoms with Crippen molar-refractivity contribution in [3.05, 3.63) is 101 Å². The van der Waals surface area contributed by atoms with Gasteiger partial charge in [-0.3, -0.25) is 0 Å². The number of halogens is 2. The molecule has 0 saturated heterocycles. The third-order valence-corrected chi connectivity index (χ3v) is 7.66. The van der Waals surface area contributed by atoms with Gasteiger partial charge in [-0.2, -0.15) is 0 Å². The van der Waals surface area contributed by atoms with E-state index in [0.29, 0.717) is 5.56 Å². The lowest BCUT2D eigenvalue weighted by Crippen LogP contribution is -2.05. The first kappa shape index (κ1) is 25.5. The van der Waals surface area contributed by atoms with E-state index < -0.39 is 0 Å². The Hall–Kier alpha value is -2.64. The zero-order chi connectivity index (χ0) is 24.6. The zero-order valence-corrected chi connectivity index (χ0v) is 21.6. The number of rotatable bonds is 10. The van der Waals surface area contributed by atoms with Gasteiger partial charge >= 0.3 is 0 Å². The van der Waals surface area contributed by atoms with Gasteiger partial charge in [-0.05, 0) is 65.8 Å². The fourth-order valence-corrected chi connectivity index (χ4v) is 5.35. The predicted molar refractivity (Wildman–Crippen MR) is 150 cm³/mol. The molecule has 182 valence electrons. The Morgan fingerprint density at radius 3 is 2.23 bits per heavy atom. The van der Waals surface area contributed by atoms with Crippen LogP contribution in [0.3, 0.4) is 0 Å². The number of aryl methyl sites for hydroxylation is 1. The number of allylic oxidation sites excluding steroid dienone is 3. The van der Waals surface area contributed by atoms with E-state index in [4.69, 9.17) is 11.6 Å². The van der Waals surface area contributed by atoms with Gasteiger partial charge in [-0.25, -0.2) is 4.39 Å². The van der Waals surface area contributed by atoms with Crippen molar-refractivity contribution < 1.29 is 4.39 Å². The van der Waals surface area contributed by atoms with Crippen LogP contribution in [0.2, 0.25) is 5.02 Å². The summed E-state index contributed by atoms with van der Waals surface area (Å²) in [6.45, 7) is 6.04. The fraction of sp³-hybridized carbons (Fsp3) is 0.333. The van der Waals surface area contributed by atoms with Crippen LogP contribution in [-0.2, 0) is 6.42 Å². The molecular formula is C33H36ClF. The van der Waals surface area contributed by atoms with Gasteiger partial charge in [-0.15, -0.1) is 6.58 Å². The predicted octanol–water partition coefficient (Wildman–Crippen LogP) is 10.7. The van der Waals surface area contributed by atoms with Crippen molar-refractivity contribution in [2.75, 3.05) is 0 Å². The number of benzene rings is 3. The van der Waals surface area contributed by atoms with Crippen LogP contribution in [0.25, 0.3) is 27.8 Å². The summed E-state index contributed by atoms with van der Waals surface area (Å²) in [7, 11) is 0. The van der Waals surface area contributed by atoms with Crippen molar-refractivity contribution in [2.24, 2.45) is 5.92 Å². The highest BCUT2D eigenvalue weighted by atomic mass is 35.5. The molecule has 1 unspecified atom stereocenters. The summed E-state index contributed by atoms with van der Waals surface area (Å²) < 4.78 is 15.4. The monoisotopic (exact) mass is 486 g/mol. The second-order valence-electron chi connectivity index (χ2n) is 9.76. The van der Waals surface area contributed by atoms with Crippen molar-refractivity contribution >= 4 is 17.2 Å². The second-order valence-corrected chi connectivity index (χ2v) is 10.1. The molecular weight excluding hydrogens is 451 g/mol. The maximum absolute atomic E-state index is 15.4. The van der Waals surface area contributed by atoms with Crippen molar-refractivity contribution in [3.63, 3.8) is 0 Å². The quantitative estimate of drug-likeness (QED) is 0.197. The van der Waals surface area contributed by atoms with Crippen molar-refractivity contribution in [3.8, 4) is 22.3 Å². The molecule has 0 fully saturated rings. The number of unbranched alkanes of at least 4 members (excludes halogenated alkanes) is 2. The first-order valence-electron chi connectivity index (χ1n) is 13.1. The Morgan fingerprint density at radius 1 is 0.914 bits per heavy atom. The van der Waals surface area contributed by atoms with Crippen molar-refractivity contribution in [1.82, 2.24) is 0 Å². The van der Waals surface area contributed by atoms with E-state index in [1.165, 1.54) is 55.2 Å². The molecule has 35 heavy (non-hydrogen) atoms. The Kier molecular flexibility index (Phi) is 8.99. The van der Waals surface area contributed by atoms with Crippen LogP contribution in [0.15, 0.2) is 79.4 Å². The van der Waals surface area contributed by atoms with Crippen LogP contribution >= 0.6 is 11.6 Å². The molecule has 1 aliphatic rings. The largest absolute Gasteiger partial charge is 0.205 e. The fourth-order valence-electron chi connectivity index (χ4n) is 5.07. The summed E-state index contributed by atoms with van der Waals surface area (Å²) in [5.41, 5.74) is 6.96. The third-order valence-electron chi connectivity index (χ3n) is 7.29. The van der Waals surface area contributed by atoms with E-state index in [1.807, 2.05) is 42.5 Å². The van der Waals surface area contributed by atoms with E-state index in [1.54, 1.807) is 0 Å². The van der Waals surface area contributed by atoms with Crippen molar-refractivity contribution in [1.29, 1.82) is 0 Å². The Balaban J connectivity index is 1.47. The lowest BCUT2D eigenvalue weighted by atomic mass is 9.83. The number of hydrogen-bond acceptors (Lipinski definition) is 0. The molecule has 0 heterocycles. The van der Waals surface area contributed by atoms with Crippen LogP contribution in [0, 0.1) is 11.7 Å². The van der Waals surface area contributed by atoms with Crippen molar-refractivity contribution in [2.45, 2.75) is 64.7 Å². The van der Waals surface area contributed by atoms with Gasteiger partial charge in [0.2, 0.25) is 0 Å². The summed E-state index contributed by atoms with van der Waals surface area (Å²) >= 11 is 6.52. The summed E-state index contributed by atoms with van der Waals surface area (Å²) in [6, 6.07) is 20.2. The van der Waals surface area contributed by atoms with Crippen LogP contribution in [-0.4, -0.2) is 0 Å². The topological polar surface area (TPSA) is 0 Å². The minimum atomic E-state index is -0.362. The minimum absolute atomic E-state index is 0.175. The van der Waals surface area contributed by atoms with Gasteiger partial charge < -0.3 is 0 Å². The van der Waals surface area contributed by atoms with Gasteiger partial charge in [0.05, 0.1) is 5.02 Å². The highest BCUT2D eigenvalue weighted by Crippen LogP contribution is 2.37. The molecule has 2 heteroatoms. The van der Waals surface area contributed by atoms with E-state index >= 15 is 4.39 Å². The third kappa shape index (κ3) is 6.33. The molecule has 3 aromatic rings. The Labute approximate surface area is 215 Å². The van der Waals surface area contributed by atoms with Gasteiger partial charge in [0, 0.05) is 11.1 Å². The Bertz CT molecular complexity index is 1150.